The molecule has 87 heavy (non-hydrogen) atoms. The van der Waals surface area contributed by atoms with Gasteiger partial charge in [0.25, 0.3) is 0 Å². The van der Waals surface area contributed by atoms with Gasteiger partial charge >= 0.3 is 0 Å². The third-order valence-corrected chi connectivity index (χ3v) is 18.1. The molecule has 0 saturated heterocycles. The summed E-state index contributed by atoms with van der Waals surface area (Å²) >= 11 is 0. The minimum absolute atomic E-state index is 0.133. The zero-order valence-electron chi connectivity index (χ0n) is 50.4. The molecule has 0 fully saturated rings. The van der Waals surface area contributed by atoms with Crippen molar-refractivity contribution in [1.29, 1.82) is 0 Å². The Morgan fingerprint density at radius 3 is 1.39 bits per heavy atom. The van der Waals surface area contributed by atoms with Crippen LogP contribution in [0.1, 0.15) is 76.5 Å². The summed E-state index contributed by atoms with van der Waals surface area (Å²) in [5, 5.41) is 7.36. The number of pyridine rings is 1. The SMILES string of the molecule is CC(C)(C)c1cc(-n2c3ccccc3c3ccccc32)nc(-n2c3ccccc3c3cc(CC(C)(C)c4ccccc4-c4ccccc4-n4c5ccccc5c5c(CC(C)(C)c6nc(-c7ccccc7)cc(-c7ccccc7)n6)cccc54)ccc32)c1. The van der Waals surface area contributed by atoms with E-state index in [2.05, 4.69) is 323 Å². The van der Waals surface area contributed by atoms with E-state index in [9.17, 15) is 0 Å². The molecule has 0 radical (unpaired) electrons. The topological polar surface area (TPSA) is 53.5 Å². The summed E-state index contributed by atoms with van der Waals surface area (Å²) in [6.45, 7) is 16.3. The lowest BCUT2D eigenvalue weighted by atomic mass is 9.75. The van der Waals surface area contributed by atoms with Gasteiger partial charge < -0.3 is 4.57 Å². The Morgan fingerprint density at radius 2 is 0.805 bits per heavy atom. The fourth-order valence-corrected chi connectivity index (χ4v) is 13.8. The van der Waals surface area contributed by atoms with Gasteiger partial charge in [0.1, 0.15) is 17.5 Å². The normalized spacial score (nSPS) is 12.4. The summed E-state index contributed by atoms with van der Waals surface area (Å²) in [6, 6.07) is 94.9. The van der Waals surface area contributed by atoms with Gasteiger partial charge in [0.2, 0.25) is 0 Å². The highest BCUT2D eigenvalue weighted by molar-refractivity contribution is 6.12. The first kappa shape index (κ1) is 53.5. The smallest absolute Gasteiger partial charge is 0.140 e. The Balaban J connectivity index is 0.805. The molecule has 0 aliphatic carbocycles. The Kier molecular flexibility index (Phi) is 12.8. The molecule has 0 atom stereocenters. The summed E-state index contributed by atoms with van der Waals surface area (Å²) in [5.41, 5.74) is 18.7. The maximum atomic E-state index is 5.62. The quantitative estimate of drug-likeness (QED) is 0.122. The third-order valence-electron chi connectivity index (χ3n) is 18.1. The van der Waals surface area contributed by atoms with Crippen LogP contribution in [-0.4, -0.2) is 28.7 Å². The van der Waals surface area contributed by atoms with Crippen LogP contribution < -0.4 is 0 Å². The van der Waals surface area contributed by atoms with Crippen molar-refractivity contribution < 1.29 is 0 Å². The van der Waals surface area contributed by atoms with Crippen molar-refractivity contribution in [2.24, 2.45) is 0 Å². The molecule has 0 N–H and O–H groups in total. The van der Waals surface area contributed by atoms with E-state index in [4.69, 9.17) is 15.0 Å². The van der Waals surface area contributed by atoms with Crippen LogP contribution in [0.25, 0.3) is 116 Å². The number of para-hydroxylation sites is 5. The number of hydrogen-bond acceptors (Lipinski definition) is 3. The lowest BCUT2D eigenvalue weighted by molar-refractivity contribution is 0.489. The molecule has 0 amide bonds. The predicted octanol–water partition coefficient (Wildman–Crippen LogP) is 20.5. The van der Waals surface area contributed by atoms with Crippen LogP contribution in [0.5, 0.6) is 0 Å². The van der Waals surface area contributed by atoms with Gasteiger partial charge in [-0.25, -0.2) is 15.0 Å². The molecule has 0 aliphatic rings. The van der Waals surface area contributed by atoms with E-state index in [0.717, 1.165) is 80.6 Å². The molecule has 0 unspecified atom stereocenters. The molecule has 15 aromatic rings. The molecule has 15 rings (SSSR count). The molecule has 6 nitrogen and oxygen atoms in total. The summed E-state index contributed by atoms with van der Waals surface area (Å²) < 4.78 is 7.24. The van der Waals surface area contributed by atoms with Gasteiger partial charge in [-0.05, 0) is 118 Å². The van der Waals surface area contributed by atoms with E-state index in [0.29, 0.717) is 0 Å². The van der Waals surface area contributed by atoms with E-state index in [1.54, 1.807) is 0 Å². The monoisotopic (exact) mass is 1120 g/mol. The fraction of sp³-hybridized carbons (Fsp3) is 0.148. The standard InChI is InChI=1S/C81H68N6/c1-79(2,3)57-48-75(86-69-40-22-16-34-60(69)61-35-17-23-41-70(61)86)84-76(49-57)87-71-42-24-18-36-62(71)64-47-53(45-46-73(64)87)51-80(4,5)65-38-20-14-32-58(65)59-33-15-21-39-68(59)85-72-43-25-19-37-63(72)77-56(31-26-44-74(77)85)52-81(6,7)78-82-66(54-27-10-8-11-28-54)50-67(83-78)55-29-12-9-13-30-55/h8-50H,51-52H2,1-7H3. The van der Waals surface area contributed by atoms with E-state index in [1.165, 1.54) is 76.7 Å². The lowest BCUT2D eigenvalue weighted by Crippen LogP contribution is -2.24. The van der Waals surface area contributed by atoms with Gasteiger partial charge in [-0.15, -0.1) is 0 Å². The van der Waals surface area contributed by atoms with Crippen LogP contribution in [0.4, 0.5) is 0 Å². The van der Waals surface area contributed by atoms with Crippen molar-refractivity contribution in [2.45, 2.75) is 77.6 Å². The average Bonchev–Trinajstić information content (AvgIpc) is 1.68. The minimum atomic E-state index is -0.426. The second kappa shape index (κ2) is 20.8. The van der Waals surface area contributed by atoms with Crippen LogP contribution in [0.15, 0.2) is 261 Å². The Bertz CT molecular complexity index is 5030. The highest BCUT2D eigenvalue weighted by Crippen LogP contribution is 2.44. The van der Waals surface area contributed by atoms with Gasteiger partial charge in [0.05, 0.1) is 50.2 Å². The summed E-state index contributed by atoms with van der Waals surface area (Å²) in [4.78, 5) is 16.3. The molecule has 10 aromatic carbocycles. The van der Waals surface area contributed by atoms with Crippen molar-refractivity contribution in [3.8, 4) is 51.0 Å². The molecule has 6 heteroatoms. The highest BCUT2D eigenvalue weighted by Gasteiger charge is 2.31. The van der Waals surface area contributed by atoms with Gasteiger partial charge in [0.15, 0.2) is 0 Å². The van der Waals surface area contributed by atoms with Crippen LogP contribution >= 0.6 is 0 Å². The van der Waals surface area contributed by atoms with Gasteiger partial charge in [-0.1, -0.05) is 243 Å². The van der Waals surface area contributed by atoms with Crippen LogP contribution in [-0.2, 0) is 29.1 Å². The summed E-state index contributed by atoms with van der Waals surface area (Å²) in [7, 11) is 0. The maximum absolute atomic E-state index is 5.62. The van der Waals surface area contributed by atoms with Crippen LogP contribution in [0, 0.1) is 0 Å². The Morgan fingerprint density at radius 1 is 0.333 bits per heavy atom. The average molecular weight is 1130 g/mol. The molecular weight excluding hydrogens is 1060 g/mol. The second-order valence-corrected chi connectivity index (χ2v) is 25.9. The first-order valence-corrected chi connectivity index (χ1v) is 30.5. The fourth-order valence-electron chi connectivity index (χ4n) is 13.8. The predicted molar refractivity (Wildman–Crippen MR) is 364 cm³/mol. The van der Waals surface area contributed by atoms with E-state index in [1.807, 2.05) is 0 Å². The Hall–Kier alpha value is -10.2. The number of fused-ring (bicyclic) bond motifs is 9. The number of rotatable bonds is 12. The number of hydrogen-bond donors (Lipinski definition) is 0. The van der Waals surface area contributed by atoms with Gasteiger partial charge in [0, 0.05) is 54.4 Å². The highest BCUT2D eigenvalue weighted by atomic mass is 15.1. The second-order valence-electron chi connectivity index (χ2n) is 25.9. The van der Waals surface area contributed by atoms with E-state index >= 15 is 0 Å². The number of benzene rings is 10. The third kappa shape index (κ3) is 9.30. The molecule has 422 valence electrons. The zero-order chi connectivity index (χ0) is 59.2. The lowest BCUT2D eigenvalue weighted by Gasteiger charge is -2.29. The van der Waals surface area contributed by atoms with Crippen molar-refractivity contribution in [2.75, 3.05) is 0 Å². The Labute approximate surface area is 508 Å². The molecule has 0 aliphatic heterocycles. The molecule has 0 spiro atoms. The summed E-state index contributed by atoms with van der Waals surface area (Å²) in [5.74, 6) is 2.65. The number of nitrogens with zero attached hydrogens (tertiary/aromatic N) is 6. The van der Waals surface area contributed by atoms with Crippen molar-refractivity contribution in [1.82, 2.24) is 28.7 Å². The first-order valence-electron chi connectivity index (χ1n) is 30.5. The first-order chi connectivity index (χ1) is 42.3. The molecule has 5 heterocycles. The summed E-state index contributed by atoms with van der Waals surface area (Å²) in [6.07, 6.45) is 1.57. The van der Waals surface area contributed by atoms with E-state index in [-0.39, 0.29) is 10.8 Å². The van der Waals surface area contributed by atoms with Crippen molar-refractivity contribution in [3.05, 3.63) is 289 Å². The molecule has 0 bridgehead atoms. The zero-order valence-corrected chi connectivity index (χ0v) is 50.4. The number of aromatic nitrogens is 6. The van der Waals surface area contributed by atoms with Gasteiger partial charge in [-0.3, -0.25) is 9.13 Å². The molecular formula is C81H68N6. The van der Waals surface area contributed by atoms with Crippen LogP contribution in [0.2, 0.25) is 0 Å². The minimum Gasteiger partial charge on any atom is -0.309 e. The largest absolute Gasteiger partial charge is 0.309 e. The van der Waals surface area contributed by atoms with E-state index < -0.39 is 5.41 Å². The van der Waals surface area contributed by atoms with Gasteiger partial charge in [-0.2, -0.15) is 0 Å². The molecule has 0 saturated carbocycles. The van der Waals surface area contributed by atoms with Crippen molar-refractivity contribution >= 4 is 65.4 Å². The molecule has 5 aromatic heterocycles. The maximum Gasteiger partial charge on any atom is 0.140 e. The van der Waals surface area contributed by atoms with Crippen molar-refractivity contribution in [3.63, 3.8) is 0 Å². The van der Waals surface area contributed by atoms with Crippen LogP contribution in [0.3, 0.4) is 0 Å².